The van der Waals surface area contributed by atoms with Gasteiger partial charge in [0.1, 0.15) is 0 Å². The van der Waals surface area contributed by atoms with Crippen molar-refractivity contribution < 1.29 is 19.1 Å². The van der Waals surface area contributed by atoms with Gasteiger partial charge in [-0.25, -0.2) is 0 Å². The quantitative estimate of drug-likeness (QED) is 0.500. The Labute approximate surface area is 182 Å². The van der Waals surface area contributed by atoms with Crippen LogP contribution in [0.15, 0.2) is 47.4 Å². The van der Waals surface area contributed by atoms with Crippen LogP contribution in [0.2, 0.25) is 0 Å². The van der Waals surface area contributed by atoms with Gasteiger partial charge in [-0.15, -0.1) is 0 Å². The highest BCUT2D eigenvalue weighted by Crippen LogP contribution is 2.35. The van der Waals surface area contributed by atoms with Crippen molar-refractivity contribution in [1.29, 1.82) is 0 Å². The predicted molar refractivity (Wildman–Crippen MR) is 121 cm³/mol. The molecule has 0 saturated carbocycles. The van der Waals surface area contributed by atoms with Crippen molar-refractivity contribution in [3.63, 3.8) is 0 Å². The van der Waals surface area contributed by atoms with Crippen molar-refractivity contribution >= 4 is 29.0 Å². The summed E-state index contributed by atoms with van der Waals surface area (Å²) >= 11 is 0.963. The number of imide groups is 1. The molecule has 1 heterocycles. The van der Waals surface area contributed by atoms with E-state index in [1.165, 1.54) is 4.90 Å². The van der Waals surface area contributed by atoms with Crippen molar-refractivity contribution in [2.45, 2.75) is 46.8 Å². The lowest BCUT2D eigenvalue weighted by atomic mass is 10.1. The molecule has 5 nitrogen and oxygen atoms in total. The molecule has 0 aliphatic carbocycles. The third-order valence-electron chi connectivity index (χ3n) is 4.80. The van der Waals surface area contributed by atoms with Gasteiger partial charge in [-0.2, -0.15) is 0 Å². The summed E-state index contributed by atoms with van der Waals surface area (Å²) in [5, 5.41) is -0.256. The number of benzene rings is 2. The van der Waals surface area contributed by atoms with Gasteiger partial charge < -0.3 is 9.47 Å². The number of amides is 2. The van der Waals surface area contributed by atoms with Crippen molar-refractivity contribution in [3.8, 4) is 11.5 Å². The van der Waals surface area contributed by atoms with Crippen LogP contribution in [0.1, 0.15) is 43.9 Å². The highest BCUT2D eigenvalue weighted by molar-refractivity contribution is 8.18. The van der Waals surface area contributed by atoms with E-state index in [9.17, 15) is 9.59 Å². The largest absolute Gasteiger partial charge is 0.490 e. The van der Waals surface area contributed by atoms with E-state index >= 15 is 0 Å². The van der Waals surface area contributed by atoms with Crippen LogP contribution >= 0.6 is 11.8 Å². The van der Waals surface area contributed by atoms with Gasteiger partial charge in [-0.05, 0) is 68.3 Å². The number of rotatable bonds is 8. The normalized spacial score (nSPS) is 16.3. The minimum absolute atomic E-state index is 0.0772. The number of hydrogen-bond acceptors (Lipinski definition) is 5. The molecule has 0 N–H and O–H groups in total. The van der Waals surface area contributed by atoms with Gasteiger partial charge in [0.05, 0.1) is 24.2 Å². The number of hydrogen-bond donors (Lipinski definition) is 0. The maximum atomic E-state index is 12.8. The molecule has 0 bridgehead atoms. The van der Waals surface area contributed by atoms with Crippen LogP contribution in [0, 0.1) is 6.92 Å². The number of aryl methyl sites for hydroxylation is 1. The maximum Gasteiger partial charge on any atom is 0.293 e. The highest BCUT2D eigenvalue weighted by Gasteiger charge is 2.35. The average Bonchev–Trinajstić information content (AvgIpc) is 2.99. The molecule has 2 aromatic rings. The lowest BCUT2D eigenvalue weighted by Crippen LogP contribution is -2.27. The number of carbonyl (C=O) groups excluding carboxylic acids is 2. The minimum atomic E-state index is -0.275. The fraction of sp³-hybridized carbons (Fsp3) is 0.333. The second-order valence-corrected chi connectivity index (χ2v) is 8.22. The van der Waals surface area contributed by atoms with E-state index in [0.717, 1.165) is 34.9 Å². The van der Waals surface area contributed by atoms with E-state index in [1.807, 2.05) is 63.2 Å². The molecule has 0 radical (unpaired) electrons. The van der Waals surface area contributed by atoms with Gasteiger partial charge in [0, 0.05) is 0 Å². The first kappa shape index (κ1) is 22.0. The van der Waals surface area contributed by atoms with E-state index in [-0.39, 0.29) is 23.8 Å². The molecule has 2 amide bonds. The molecule has 1 atom stereocenters. The summed E-state index contributed by atoms with van der Waals surface area (Å²) in [6.45, 7) is 8.76. The van der Waals surface area contributed by atoms with Gasteiger partial charge in [0.25, 0.3) is 11.1 Å². The fourth-order valence-corrected chi connectivity index (χ4v) is 3.78. The first-order chi connectivity index (χ1) is 14.4. The molecule has 1 aliphatic rings. The van der Waals surface area contributed by atoms with Crippen LogP contribution in [0.25, 0.3) is 6.08 Å². The summed E-state index contributed by atoms with van der Waals surface area (Å²) in [7, 11) is 0. The molecule has 1 aliphatic heterocycles. The lowest BCUT2D eigenvalue weighted by molar-refractivity contribution is -0.123. The van der Waals surface area contributed by atoms with E-state index < -0.39 is 0 Å². The third kappa shape index (κ3) is 5.25. The van der Waals surface area contributed by atoms with Crippen LogP contribution in [0.4, 0.5) is 4.79 Å². The molecule has 1 fully saturated rings. The summed E-state index contributed by atoms with van der Waals surface area (Å²) in [5.41, 5.74) is 2.85. The van der Waals surface area contributed by atoms with Gasteiger partial charge in [0.15, 0.2) is 11.5 Å². The zero-order valence-electron chi connectivity index (χ0n) is 17.8. The molecule has 0 aromatic heterocycles. The van der Waals surface area contributed by atoms with Crippen LogP contribution in [0.3, 0.4) is 0 Å². The zero-order valence-corrected chi connectivity index (χ0v) is 18.6. The summed E-state index contributed by atoms with van der Waals surface area (Å²) in [6, 6.07) is 13.4. The van der Waals surface area contributed by atoms with Crippen LogP contribution < -0.4 is 9.47 Å². The molecule has 2 aromatic carbocycles. The number of nitrogens with zero attached hydrogens (tertiary/aromatic N) is 1. The second kappa shape index (κ2) is 9.85. The Hall–Kier alpha value is -2.73. The topological polar surface area (TPSA) is 55.8 Å². The second-order valence-electron chi connectivity index (χ2n) is 7.23. The monoisotopic (exact) mass is 425 g/mol. The lowest BCUT2D eigenvalue weighted by Gasteiger charge is -2.16. The predicted octanol–water partition coefficient (Wildman–Crippen LogP) is 5.81. The number of carbonyl (C=O) groups is 2. The SMILES string of the molecule is CCOc1cc(/C=C2\SC(=O)N(Cc3ccc(C)cc3)C2=O)ccc1OC(C)CC. The van der Waals surface area contributed by atoms with Crippen LogP contribution in [-0.4, -0.2) is 28.8 Å². The molecule has 30 heavy (non-hydrogen) atoms. The minimum Gasteiger partial charge on any atom is -0.490 e. The molecular formula is C24H27NO4S. The molecule has 1 saturated heterocycles. The van der Waals surface area contributed by atoms with E-state index in [0.29, 0.717) is 23.0 Å². The van der Waals surface area contributed by atoms with Crippen LogP contribution in [0.5, 0.6) is 11.5 Å². The van der Waals surface area contributed by atoms with Crippen molar-refractivity contribution in [2.24, 2.45) is 0 Å². The Balaban J connectivity index is 1.80. The summed E-state index contributed by atoms with van der Waals surface area (Å²) in [5.74, 6) is 1.03. The number of ether oxygens (including phenoxy) is 2. The van der Waals surface area contributed by atoms with Crippen molar-refractivity contribution in [3.05, 3.63) is 64.1 Å². The number of thioether (sulfide) groups is 1. The third-order valence-corrected chi connectivity index (χ3v) is 5.71. The van der Waals surface area contributed by atoms with E-state index in [2.05, 4.69) is 6.92 Å². The maximum absolute atomic E-state index is 12.8. The smallest absolute Gasteiger partial charge is 0.293 e. The molecule has 6 heteroatoms. The molecule has 3 rings (SSSR count). The summed E-state index contributed by atoms with van der Waals surface area (Å²) < 4.78 is 11.6. The van der Waals surface area contributed by atoms with Gasteiger partial charge >= 0.3 is 0 Å². The molecule has 158 valence electrons. The summed E-state index contributed by atoms with van der Waals surface area (Å²) in [6.07, 6.45) is 2.70. The van der Waals surface area contributed by atoms with Gasteiger partial charge in [0.2, 0.25) is 0 Å². The Kier molecular flexibility index (Phi) is 7.21. The molecule has 0 spiro atoms. The standard InChI is InChI=1S/C24H27NO4S/c1-5-17(4)29-20-12-11-19(13-21(20)28-6-2)14-22-23(26)25(24(27)30-22)15-18-9-7-16(3)8-10-18/h7-14,17H,5-6,15H2,1-4H3/b22-14-. The van der Waals surface area contributed by atoms with E-state index in [1.54, 1.807) is 6.08 Å². The Morgan fingerprint density at radius 3 is 2.47 bits per heavy atom. The van der Waals surface area contributed by atoms with Crippen LogP contribution in [-0.2, 0) is 11.3 Å². The molecule has 1 unspecified atom stereocenters. The Morgan fingerprint density at radius 2 is 1.80 bits per heavy atom. The zero-order chi connectivity index (χ0) is 21.7. The van der Waals surface area contributed by atoms with E-state index in [4.69, 9.17) is 9.47 Å². The van der Waals surface area contributed by atoms with Crippen molar-refractivity contribution in [1.82, 2.24) is 4.90 Å². The summed E-state index contributed by atoms with van der Waals surface area (Å²) in [4.78, 5) is 26.9. The average molecular weight is 426 g/mol. The van der Waals surface area contributed by atoms with Crippen molar-refractivity contribution in [2.75, 3.05) is 6.61 Å². The molecular weight excluding hydrogens is 398 g/mol. The van der Waals surface area contributed by atoms with Gasteiger partial charge in [-0.3, -0.25) is 14.5 Å². The fourth-order valence-electron chi connectivity index (χ4n) is 2.94. The Morgan fingerprint density at radius 1 is 1.07 bits per heavy atom. The highest BCUT2D eigenvalue weighted by atomic mass is 32.2. The first-order valence-electron chi connectivity index (χ1n) is 10.2. The first-order valence-corrected chi connectivity index (χ1v) is 11.0. The Bertz CT molecular complexity index is 952. The van der Waals surface area contributed by atoms with Gasteiger partial charge in [-0.1, -0.05) is 42.8 Å².